The van der Waals surface area contributed by atoms with E-state index in [9.17, 15) is 13.6 Å². The molecule has 1 aromatic heterocycles. The van der Waals surface area contributed by atoms with Gasteiger partial charge in [0.1, 0.15) is 11.6 Å². The van der Waals surface area contributed by atoms with Crippen molar-refractivity contribution in [1.82, 2.24) is 4.57 Å². The minimum absolute atomic E-state index is 0.0613. The zero-order chi connectivity index (χ0) is 12.6. The van der Waals surface area contributed by atoms with E-state index in [2.05, 4.69) is 0 Å². The van der Waals surface area contributed by atoms with E-state index in [4.69, 9.17) is 5.11 Å². The Morgan fingerprint density at radius 3 is 2.53 bits per heavy atom. The highest BCUT2D eigenvalue weighted by molar-refractivity contribution is 5.89. The number of carboxylic acids is 1. The second-order valence-corrected chi connectivity index (χ2v) is 3.65. The number of aromatic carboxylic acids is 1. The molecule has 0 atom stereocenters. The van der Waals surface area contributed by atoms with Crippen molar-refractivity contribution in [3.63, 3.8) is 0 Å². The van der Waals surface area contributed by atoms with E-state index in [1.807, 2.05) is 0 Å². The van der Waals surface area contributed by atoms with E-state index in [-0.39, 0.29) is 11.1 Å². The number of rotatable bonds is 2. The summed E-state index contributed by atoms with van der Waals surface area (Å²) in [6.07, 6.45) is 1.38. The minimum atomic E-state index is -1.09. The molecule has 0 amide bonds. The van der Waals surface area contributed by atoms with Crippen molar-refractivity contribution in [2.45, 2.75) is 0 Å². The van der Waals surface area contributed by atoms with E-state index < -0.39 is 17.6 Å². The molecule has 5 heteroatoms. The van der Waals surface area contributed by atoms with Gasteiger partial charge in [0, 0.05) is 24.9 Å². The van der Waals surface area contributed by atoms with Crippen LogP contribution in [0.25, 0.3) is 11.3 Å². The monoisotopic (exact) mass is 237 g/mol. The molecule has 0 aliphatic carbocycles. The predicted octanol–water partition coefficient (Wildman–Crippen LogP) is 2.67. The summed E-state index contributed by atoms with van der Waals surface area (Å²) in [4.78, 5) is 10.8. The van der Waals surface area contributed by atoms with Crippen LogP contribution in [0.15, 0.2) is 30.5 Å². The number of aromatic nitrogens is 1. The fourth-order valence-corrected chi connectivity index (χ4v) is 1.65. The molecule has 88 valence electrons. The number of hydrogen-bond acceptors (Lipinski definition) is 1. The average molecular weight is 237 g/mol. The van der Waals surface area contributed by atoms with Crippen LogP contribution in [0, 0.1) is 11.6 Å². The average Bonchev–Trinajstić information content (AvgIpc) is 2.61. The highest BCUT2D eigenvalue weighted by Crippen LogP contribution is 2.25. The Balaban J connectivity index is 2.56. The van der Waals surface area contributed by atoms with Gasteiger partial charge in [0.15, 0.2) is 0 Å². The molecule has 1 heterocycles. The number of aryl methyl sites for hydroxylation is 1. The number of carbonyl (C=O) groups is 1. The molecule has 0 saturated heterocycles. The second-order valence-electron chi connectivity index (χ2n) is 3.65. The van der Waals surface area contributed by atoms with Gasteiger partial charge in [-0.3, -0.25) is 0 Å². The van der Waals surface area contributed by atoms with Crippen molar-refractivity contribution in [3.8, 4) is 11.3 Å². The topological polar surface area (TPSA) is 42.2 Å². The van der Waals surface area contributed by atoms with Gasteiger partial charge in [-0.05, 0) is 18.2 Å². The van der Waals surface area contributed by atoms with Crippen LogP contribution in [0.1, 0.15) is 10.4 Å². The summed E-state index contributed by atoms with van der Waals surface area (Å²) in [6, 6.07) is 4.53. The standard InChI is InChI=1S/C12H9F2NO2/c1-15-6-7(12(16)17)4-11(15)9-3-2-8(13)5-10(9)14/h2-6H,1H3,(H,16,17). The maximum Gasteiger partial charge on any atom is 0.337 e. The van der Waals surface area contributed by atoms with E-state index in [0.717, 1.165) is 12.1 Å². The number of carboxylic acid groups (broad SMARTS) is 1. The van der Waals surface area contributed by atoms with Gasteiger partial charge in [0.05, 0.1) is 11.3 Å². The van der Waals surface area contributed by atoms with Gasteiger partial charge < -0.3 is 9.67 Å². The maximum atomic E-state index is 13.5. The lowest BCUT2D eigenvalue weighted by Gasteiger charge is -2.04. The summed E-state index contributed by atoms with van der Waals surface area (Å²) >= 11 is 0. The van der Waals surface area contributed by atoms with Gasteiger partial charge in [-0.25, -0.2) is 13.6 Å². The molecular weight excluding hydrogens is 228 g/mol. The Bertz CT molecular complexity index is 590. The molecule has 0 saturated carbocycles. The lowest BCUT2D eigenvalue weighted by Crippen LogP contribution is -1.93. The Hall–Kier alpha value is -2.17. The maximum absolute atomic E-state index is 13.5. The number of benzene rings is 1. The van der Waals surface area contributed by atoms with Crippen molar-refractivity contribution >= 4 is 5.97 Å². The Morgan fingerprint density at radius 1 is 1.29 bits per heavy atom. The lowest BCUT2D eigenvalue weighted by atomic mass is 10.1. The SMILES string of the molecule is Cn1cc(C(=O)O)cc1-c1ccc(F)cc1F. The summed E-state index contributed by atoms with van der Waals surface area (Å²) in [5, 5.41) is 8.82. The van der Waals surface area contributed by atoms with Crippen molar-refractivity contribution in [2.24, 2.45) is 7.05 Å². The third-order valence-corrected chi connectivity index (χ3v) is 2.46. The van der Waals surface area contributed by atoms with E-state index in [1.165, 1.54) is 22.9 Å². The highest BCUT2D eigenvalue weighted by atomic mass is 19.1. The molecule has 2 rings (SSSR count). The third-order valence-electron chi connectivity index (χ3n) is 2.46. The minimum Gasteiger partial charge on any atom is -0.478 e. The van der Waals surface area contributed by atoms with E-state index >= 15 is 0 Å². The van der Waals surface area contributed by atoms with Crippen LogP contribution in [0.3, 0.4) is 0 Å². The molecular formula is C12H9F2NO2. The fraction of sp³-hybridized carbons (Fsp3) is 0.0833. The van der Waals surface area contributed by atoms with Crippen LogP contribution in [-0.4, -0.2) is 15.6 Å². The molecule has 0 fully saturated rings. The van der Waals surface area contributed by atoms with Crippen LogP contribution in [0.4, 0.5) is 8.78 Å². The smallest absolute Gasteiger partial charge is 0.337 e. The van der Waals surface area contributed by atoms with Gasteiger partial charge in [0.25, 0.3) is 0 Å². The summed E-state index contributed by atoms with van der Waals surface area (Å²) in [7, 11) is 1.60. The second kappa shape index (κ2) is 4.01. The molecule has 2 aromatic rings. The quantitative estimate of drug-likeness (QED) is 0.872. The summed E-state index contributed by atoms with van der Waals surface area (Å²) in [5.74, 6) is -2.48. The molecule has 0 aliphatic heterocycles. The molecule has 0 unspecified atom stereocenters. The molecule has 17 heavy (non-hydrogen) atoms. The zero-order valence-corrected chi connectivity index (χ0v) is 8.95. The van der Waals surface area contributed by atoms with Gasteiger partial charge in [-0.1, -0.05) is 0 Å². The fourth-order valence-electron chi connectivity index (χ4n) is 1.65. The van der Waals surface area contributed by atoms with Gasteiger partial charge >= 0.3 is 5.97 Å². The van der Waals surface area contributed by atoms with E-state index in [0.29, 0.717) is 5.69 Å². The zero-order valence-electron chi connectivity index (χ0n) is 8.95. The molecule has 0 aliphatic rings. The molecule has 0 bridgehead atoms. The van der Waals surface area contributed by atoms with Crippen molar-refractivity contribution in [1.29, 1.82) is 0 Å². The summed E-state index contributed by atoms with van der Waals surface area (Å²) in [5.41, 5.74) is 0.618. The first-order chi connectivity index (χ1) is 7.99. The van der Waals surface area contributed by atoms with Crippen molar-refractivity contribution < 1.29 is 18.7 Å². The Morgan fingerprint density at radius 2 is 2.00 bits per heavy atom. The molecule has 1 N–H and O–H groups in total. The molecule has 3 nitrogen and oxygen atoms in total. The first-order valence-corrected chi connectivity index (χ1v) is 4.84. The lowest BCUT2D eigenvalue weighted by molar-refractivity contribution is 0.0697. The Labute approximate surface area is 95.9 Å². The number of halogens is 2. The first-order valence-electron chi connectivity index (χ1n) is 4.84. The van der Waals surface area contributed by atoms with Crippen molar-refractivity contribution in [2.75, 3.05) is 0 Å². The van der Waals surface area contributed by atoms with Crippen LogP contribution < -0.4 is 0 Å². The summed E-state index contributed by atoms with van der Waals surface area (Å²) in [6.45, 7) is 0. The van der Waals surface area contributed by atoms with Crippen LogP contribution in [0.2, 0.25) is 0 Å². The highest BCUT2D eigenvalue weighted by Gasteiger charge is 2.13. The largest absolute Gasteiger partial charge is 0.478 e. The van der Waals surface area contributed by atoms with Crippen LogP contribution >= 0.6 is 0 Å². The first kappa shape index (κ1) is 11.3. The molecule has 0 spiro atoms. The van der Waals surface area contributed by atoms with Gasteiger partial charge in [-0.15, -0.1) is 0 Å². The Kier molecular flexibility index (Phi) is 2.67. The normalized spacial score (nSPS) is 10.5. The van der Waals surface area contributed by atoms with Gasteiger partial charge in [-0.2, -0.15) is 0 Å². The summed E-state index contributed by atoms with van der Waals surface area (Å²) < 4.78 is 27.8. The van der Waals surface area contributed by atoms with Gasteiger partial charge in [0.2, 0.25) is 0 Å². The van der Waals surface area contributed by atoms with Crippen LogP contribution in [-0.2, 0) is 7.05 Å². The predicted molar refractivity (Wildman–Crippen MR) is 57.7 cm³/mol. The number of nitrogens with zero attached hydrogens (tertiary/aromatic N) is 1. The van der Waals surface area contributed by atoms with Crippen molar-refractivity contribution in [3.05, 3.63) is 47.7 Å². The third kappa shape index (κ3) is 2.04. The van der Waals surface area contributed by atoms with Crippen LogP contribution in [0.5, 0.6) is 0 Å². The molecule has 1 aromatic carbocycles. The molecule has 0 radical (unpaired) electrons. The van der Waals surface area contributed by atoms with E-state index in [1.54, 1.807) is 7.05 Å². The number of hydrogen-bond donors (Lipinski definition) is 1.